The molecule has 0 aliphatic heterocycles. The van der Waals surface area contributed by atoms with Gasteiger partial charge in [-0.3, -0.25) is 9.36 Å². The van der Waals surface area contributed by atoms with Crippen molar-refractivity contribution in [3.63, 3.8) is 0 Å². The van der Waals surface area contributed by atoms with E-state index in [1.807, 2.05) is 0 Å². The number of aromatic nitrogens is 1. The number of amides is 1. The molecule has 1 heterocycles. The predicted molar refractivity (Wildman–Crippen MR) is 94.7 cm³/mol. The first-order valence-corrected chi connectivity index (χ1v) is 8.40. The fourth-order valence-corrected chi connectivity index (χ4v) is 2.78. The van der Waals surface area contributed by atoms with E-state index in [0.717, 1.165) is 0 Å². The van der Waals surface area contributed by atoms with Crippen LogP contribution in [-0.4, -0.2) is 28.8 Å². The Bertz CT molecular complexity index is 1020. The maximum Gasteiger partial charge on any atom is 0.573 e. The molecule has 0 fully saturated rings. The number of hydrogen-bond donors (Lipinski definition) is 0. The van der Waals surface area contributed by atoms with E-state index < -0.39 is 12.1 Å². The van der Waals surface area contributed by atoms with Gasteiger partial charge in [0.2, 0.25) is 5.91 Å². The van der Waals surface area contributed by atoms with Gasteiger partial charge in [-0.15, -0.1) is 13.2 Å². The molecule has 0 aliphatic carbocycles. The molecule has 0 N–H and O–H groups in total. The van der Waals surface area contributed by atoms with Gasteiger partial charge in [-0.25, -0.2) is 4.79 Å². The summed E-state index contributed by atoms with van der Waals surface area (Å²) in [6, 6.07) is 12.2. The SMILES string of the molecule is CN(Cc1ccc(OC(F)(F)F)cc1)C(=O)CCn1c(=O)oc2ccccc21. The zero-order valence-electron chi connectivity index (χ0n) is 14.9. The molecule has 1 amide bonds. The summed E-state index contributed by atoms with van der Waals surface area (Å²) in [6.45, 7) is 0.379. The Morgan fingerprint density at radius 1 is 1.14 bits per heavy atom. The number of ether oxygens (including phenoxy) is 1. The summed E-state index contributed by atoms with van der Waals surface area (Å²) in [7, 11) is 1.58. The Morgan fingerprint density at radius 2 is 1.82 bits per heavy atom. The quantitative estimate of drug-likeness (QED) is 0.642. The topological polar surface area (TPSA) is 64.7 Å². The van der Waals surface area contributed by atoms with Gasteiger partial charge in [0.1, 0.15) is 5.75 Å². The second kappa shape index (κ2) is 7.79. The van der Waals surface area contributed by atoms with Crippen LogP contribution in [0.15, 0.2) is 57.7 Å². The standard InChI is InChI=1S/C19H17F3N2O4/c1-23(12-13-6-8-14(9-7-13)28-19(20,21)22)17(25)10-11-24-15-4-2-3-5-16(15)27-18(24)26/h2-9H,10-12H2,1H3. The maximum atomic E-state index is 12.4. The molecule has 3 rings (SSSR count). The Morgan fingerprint density at radius 3 is 2.50 bits per heavy atom. The molecule has 1 aromatic heterocycles. The van der Waals surface area contributed by atoms with E-state index in [1.54, 1.807) is 31.3 Å². The fourth-order valence-electron chi connectivity index (χ4n) is 2.78. The third kappa shape index (κ3) is 4.73. The number of oxazole rings is 1. The minimum atomic E-state index is -4.75. The number of carbonyl (C=O) groups is 1. The number of nitrogens with zero attached hydrogens (tertiary/aromatic N) is 2. The van der Waals surface area contributed by atoms with Gasteiger partial charge in [-0.05, 0) is 29.8 Å². The number of hydrogen-bond acceptors (Lipinski definition) is 4. The highest BCUT2D eigenvalue weighted by Gasteiger charge is 2.30. The average Bonchev–Trinajstić information content (AvgIpc) is 2.95. The summed E-state index contributed by atoms with van der Waals surface area (Å²) >= 11 is 0. The van der Waals surface area contributed by atoms with Crippen molar-refractivity contribution in [1.29, 1.82) is 0 Å². The molecule has 0 unspecified atom stereocenters. The lowest BCUT2D eigenvalue weighted by Crippen LogP contribution is -2.28. The highest BCUT2D eigenvalue weighted by Crippen LogP contribution is 2.23. The van der Waals surface area contributed by atoms with Crippen LogP contribution in [0.1, 0.15) is 12.0 Å². The molecule has 0 bridgehead atoms. The summed E-state index contributed by atoms with van der Waals surface area (Å²) in [4.78, 5) is 25.7. The van der Waals surface area contributed by atoms with Crippen LogP contribution >= 0.6 is 0 Å². The van der Waals surface area contributed by atoms with Crippen molar-refractivity contribution in [2.75, 3.05) is 7.05 Å². The summed E-state index contributed by atoms with van der Waals surface area (Å²) in [5, 5.41) is 0. The maximum absolute atomic E-state index is 12.4. The zero-order valence-corrected chi connectivity index (χ0v) is 14.9. The molecule has 0 spiro atoms. The summed E-state index contributed by atoms with van der Waals surface area (Å²) in [6.07, 6.45) is -4.67. The summed E-state index contributed by atoms with van der Waals surface area (Å²) in [5.74, 6) is -1.07. The normalized spacial score (nSPS) is 11.6. The van der Waals surface area contributed by atoms with Crippen LogP contribution in [0.4, 0.5) is 13.2 Å². The van der Waals surface area contributed by atoms with E-state index >= 15 is 0 Å². The van der Waals surface area contributed by atoms with Crippen LogP contribution in [-0.2, 0) is 17.9 Å². The van der Waals surface area contributed by atoms with Crippen molar-refractivity contribution < 1.29 is 27.1 Å². The largest absolute Gasteiger partial charge is 0.573 e. The second-order valence-electron chi connectivity index (χ2n) is 6.18. The second-order valence-corrected chi connectivity index (χ2v) is 6.18. The Kier molecular flexibility index (Phi) is 5.43. The Labute approximate surface area is 157 Å². The summed E-state index contributed by atoms with van der Waals surface area (Å²) < 4.78 is 46.9. The molecule has 2 aromatic carbocycles. The minimum absolute atomic E-state index is 0.0786. The van der Waals surface area contributed by atoms with Crippen LogP contribution in [0.25, 0.3) is 11.1 Å². The lowest BCUT2D eigenvalue weighted by atomic mass is 10.2. The van der Waals surface area contributed by atoms with E-state index in [2.05, 4.69) is 4.74 Å². The third-order valence-corrected chi connectivity index (χ3v) is 4.13. The molecule has 28 heavy (non-hydrogen) atoms. The first-order chi connectivity index (χ1) is 13.2. The van der Waals surface area contributed by atoms with Gasteiger partial charge in [0.05, 0.1) is 5.52 Å². The lowest BCUT2D eigenvalue weighted by Gasteiger charge is -2.18. The van der Waals surface area contributed by atoms with Crippen molar-refractivity contribution in [3.05, 3.63) is 64.6 Å². The van der Waals surface area contributed by atoms with Crippen LogP contribution < -0.4 is 10.5 Å². The van der Waals surface area contributed by atoms with Crippen molar-refractivity contribution in [3.8, 4) is 5.75 Å². The van der Waals surface area contributed by atoms with Gasteiger partial charge in [0.25, 0.3) is 0 Å². The van der Waals surface area contributed by atoms with Crippen molar-refractivity contribution >= 4 is 17.0 Å². The zero-order chi connectivity index (χ0) is 20.3. The molecule has 148 valence electrons. The highest BCUT2D eigenvalue weighted by atomic mass is 19.4. The molecule has 6 nitrogen and oxygen atoms in total. The number of carbonyl (C=O) groups excluding carboxylic acids is 1. The van der Waals surface area contributed by atoms with E-state index in [9.17, 15) is 22.8 Å². The van der Waals surface area contributed by atoms with E-state index in [0.29, 0.717) is 16.7 Å². The molecule has 3 aromatic rings. The first-order valence-electron chi connectivity index (χ1n) is 8.40. The lowest BCUT2D eigenvalue weighted by molar-refractivity contribution is -0.274. The molecule has 0 atom stereocenters. The van der Waals surface area contributed by atoms with E-state index in [1.165, 1.54) is 33.7 Å². The van der Waals surface area contributed by atoms with Crippen LogP contribution in [0.3, 0.4) is 0 Å². The molecule has 0 aliphatic rings. The highest BCUT2D eigenvalue weighted by molar-refractivity contribution is 5.76. The fraction of sp³-hybridized carbons (Fsp3) is 0.263. The number of para-hydroxylation sites is 2. The Hall–Kier alpha value is -3.23. The molecule has 0 radical (unpaired) electrons. The Balaban J connectivity index is 1.59. The van der Waals surface area contributed by atoms with E-state index in [4.69, 9.17) is 4.42 Å². The van der Waals surface area contributed by atoms with Crippen LogP contribution in [0.5, 0.6) is 5.75 Å². The monoisotopic (exact) mass is 394 g/mol. The van der Waals surface area contributed by atoms with Crippen molar-refractivity contribution in [2.24, 2.45) is 0 Å². The third-order valence-electron chi connectivity index (χ3n) is 4.13. The van der Waals surface area contributed by atoms with Gasteiger partial charge < -0.3 is 14.1 Å². The number of halogens is 3. The van der Waals surface area contributed by atoms with Crippen LogP contribution in [0, 0.1) is 0 Å². The van der Waals surface area contributed by atoms with E-state index in [-0.39, 0.29) is 31.2 Å². The van der Waals surface area contributed by atoms with Gasteiger partial charge >= 0.3 is 12.1 Å². The number of benzene rings is 2. The summed E-state index contributed by atoms with van der Waals surface area (Å²) in [5.41, 5.74) is 1.72. The van der Waals surface area contributed by atoms with Crippen LogP contribution in [0.2, 0.25) is 0 Å². The molecule has 9 heteroatoms. The van der Waals surface area contributed by atoms with Gasteiger partial charge in [-0.1, -0.05) is 24.3 Å². The molecule has 0 saturated heterocycles. The molecule has 0 saturated carbocycles. The molecular weight excluding hydrogens is 377 g/mol. The average molecular weight is 394 g/mol. The smallest absolute Gasteiger partial charge is 0.408 e. The predicted octanol–water partition coefficient (Wildman–Crippen LogP) is 3.54. The van der Waals surface area contributed by atoms with Crippen molar-refractivity contribution in [1.82, 2.24) is 9.47 Å². The van der Waals surface area contributed by atoms with Gasteiger partial charge in [0, 0.05) is 26.6 Å². The van der Waals surface area contributed by atoms with Crippen molar-refractivity contribution in [2.45, 2.75) is 25.9 Å². The van der Waals surface area contributed by atoms with Gasteiger partial charge in [-0.2, -0.15) is 0 Å². The first kappa shape index (κ1) is 19.5. The van der Waals surface area contributed by atoms with Gasteiger partial charge in [0.15, 0.2) is 5.58 Å². The number of aryl methyl sites for hydroxylation is 1. The molecular formula is C19H17F3N2O4. The minimum Gasteiger partial charge on any atom is -0.408 e. The number of rotatable bonds is 6. The number of alkyl halides is 3. The number of fused-ring (bicyclic) bond motifs is 1.